The van der Waals surface area contributed by atoms with Crippen molar-refractivity contribution in [1.82, 2.24) is 0 Å². The first-order valence-electron chi connectivity index (χ1n) is 9.61. The third-order valence-electron chi connectivity index (χ3n) is 5.28. The second-order valence-corrected chi connectivity index (χ2v) is 7.54. The van der Waals surface area contributed by atoms with Gasteiger partial charge in [0.05, 0.1) is 5.56 Å². The van der Waals surface area contributed by atoms with Gasteiger partial charge in [-0.05, 0) is 42.3 Å². The normalized spacial score (nSPS) is 17.3. The maximum atomic E-state index is 12.8. The summed E-state index contributed by atoms with van der Waals surface area (Å²) in [5.74, 6) is -3.21. The topological polar surface area (TPSA) is 157 Å². The minimum absolute atomic E-state index is 0.0355. The van der Waals surface area contributed by atoms with Crippen molar-refractivity contribution in [3.63, 3.8) is 0 Å². The fraction of sp³-hybridized carbons (Fsp3) is 0.174. The van der Waals surface area contributed by atoms with Gasteiger partial charge in [0.15, 0.2) is 23.4 Å². The summed E-state index contributed by atoms with van der Waals surface area (Å²) >= 11 is 0. The molecule has 3 aromatic rings. The first-order valence-corrected chi connectivity index (χ1v) is 9.61. The van der Waals surface area contributed by atoms with Gasteiger partial charge < -0.3 is 40.1 Å². The van der Waals surface area contributed by atoms with Crippen molar-refractivity contribution in [2.24, 2.45) is 0 Å². The Balaban J connectivity index is 1.72. The SMILES string of the molecule is Cc1cc([C@H]2Oc3cc(O)cc(O)c3C[C@H]2OC(=O)c2cc(O)c(O)c(O)c2)ccc1O. The molecule has 0 radical (unpaired) electrons. The van der Waals surface area contributed by atoms with Crippen molar-refractivity contribution in [2.45, 2.75) is 25.6 Å². The van der Waals surface area contributed by atoms with Crippen molar-refractivity contribution in [3.8, 4) is 40.2 Å². The highest BCUT2D eigenvalue weighted by Crippen LogP contribution is 2.43. The Morgan fingerprint density at radius 1 is 0.906 bits per heavy atom. The summed E-state index contributed by atoms with van der Waals surface area (Å²) in [7, 11) is 0. The van der Waals surface area contributed by atoms with Gasteiger partial charge in [0.25, 0.3) is 0 Å². The van der Waals surface area contributed by atoms with E-state index in [0.29, 0.717) is 16.7 Å². The average Bonchev–Trinajstić information content (AvgIpc) is 2.73. The van der Waals surface area contributed by atoms with Crippen LogP contribution in [0, 0.1) is 6.92 Å². The molecule has 0 bridgehead atoms. The van der Waals surface area contributed by atoms with Gasteiger partial charge in [0.2, 0.25) is 0 Å². The van der Waals surface area contributed by atoms with E-state index in [2.05, 4.69) is 0 Å². The van der Waals surface area contributed by atoms with Crippen LogP contribution in [0.5, 0.6) is 40.2 Å². The zero-order chi connectivity index (χ0) is 23.2. The molecule has 166 valence electrons. The molecule has 0 saturated heterocycles. The molecular formula is C23H20O9. The van der Waals surface area contributed by atoms with Crippen molar-refractivity contribution in [1.29, 1.82) is 0 Å². The van der Waals surface area contributed by atoms with Crippen molar-refractivity contribution in [2.75, 3.05) is 0 Å². The molecule has 4 rings (SSSR count). The van der Waals surface area contributed by atoms with Gasteiger partial charge >= 0.3 is 5.97 Å². The largest absolute Gasteiger partial charge is 0.508 e. The number of phenols is 6. The molecule has 0 saturated carbocycles. The molecule has 32 heavy (non-hydrogen) atoms. The Morgan fingerprint density at radius 3 is 2.25 bits per heavy atom. The Hall–Kier alpha value is -4.27. The molecule has 0 fully saturated rings. The monoisotopic (exact) mass is 440 g/mol. The highest BCUT2D eigenvalue weighted by Gasteiger charge is 2.36. The number of esters is 1. The predicted molar refractivity (Wildman–Crippen MR) is 110 cm³/mol. The van der Waals surface area contributed by atoms with Crippen molar-refractivity contribution < 1.29 is 44.9 Å². The molecule has 1 aliphatic heterocycles. The van der Waals surface area contributed by atoms with E-state index in [9.17, 15) is 35.4 Å². The zero-order valence-corrected chi connectivity index (χ0v) is 16.8. The fourth-order valence-corrected chi connectivity index (χ4v) is 3.62. The average molecular weight is 440 g/mol. The van der Waals surface area contributed by atoms with Crippen LogP contribution in [0.3, 0.4) is 0 Å². The predicted octanol–water partition coefficient (Wildman–Crippen LogP) is 3.13. The molecular weight excluding hydrogens is 420 g/mol. The van der Waals surface area contributed by atoms with Crippen LogP contribution < -0.4 is 4.74 Å². The van der Waals surface area contributed by atoms with Gasteiger partial charge in [-0.15, -0.1) is 0 Å². The second-order valence-electron chi connectivity index (χ2n) is 7.54. The number of carbonyl (C=O) groups excluding carboxylic acids is 1. The van der Waals surface area contributed by atoms with Crippen LogP contribution in [0.25, 0.3) is 0 Å². The summed E-state index contributed by atoms with van der Waals surface area (Å²) in [5.41, 5.74) is 1.25. The number of hydrogen-bond donors (Lipinski definition) is 6. The lowest BCUT2D eigenvalue weighted by Crippen LogP contribution is -2.34. The van der Waals surface area contributed by atoms with E-state index in [1.165, 1.54) is 12.1 Å². The maximum Gasteiger partial charge on any atom is 0.338 e. The van der Waals surface area contributed by atoms with Gasteiger partial charge in [0, 0.05) is 24.1 Å². The summed E-state index contributed by atoms with van der Waals surface area (Å²) in [6.45, 7) is 1.69. The van der Waals surface area contributed by atoms with Crippen LogP contribution in [0.4, 0.5) is 0 Å². The number of hydrogen-bond acceptors (Lipinski definition) is 9. The number of carbonyl (C=O) groups is 1. The van der Waals surface area contributed by atoms with Crippen LogP contribution in [0.2, 0.25) is 0 Å². The fourth-order valence-electron chi connectivity index (χ4n) is 3.62. The lowest BCUT2D eigenvalue weighted by molar-refractivity contribution is -0.0188. The van der Waals surface area contributed by atoms with Crippen LogP contribution in [0.1, 0.15) is 33.2 Å². The van der Waals surface area contributed by atoms with Gasteiger partial charge in [-0.25, -0.2) is 4.79 Å². The third kappa shape index (κ3) is 3.76. The molecule has 3 aromatic carbocycles. The Morgan fingerprint density at radius 2 is 1.59 bits per heavy atom. The smallest absolute Gasteiger partial charge is 0.338 e. The summed E-state index contributed by atoms with van der Waals surface area (Å²) in [6.07, 6.45) is -1.77. The number of aromatic hydroxyl groups is 6. The number of ether oxygens (including phenoxy) is 2. The second kappa shape index (κ2) is 7.77. The molecule has 0 aromatic heterocycles. The molecule has 1 heterocycles. The minimum atomic E-state index is -0.951. The van der Waals surface area contributed by atoms with Gasteiger partial charge in [-0.1, -0.05) is 6.07 Å². The lowest BCUT2D eigenvalue weighted by Gasteiger charge is -2.34. The van der Waals surface area contributed by atoms with Crippen LogP contribution >= 0.6 is 0 Å². The molecule has 6 N–H and O–H groups in total. The number of rotatable bonds is 3. The quantitative estimate of drug-likeness (QED) is 0.266. The molecule has 9 heteroatoms. The Labute approximate surface area is 182 Å². The van der Waals surface area contributed by atoms with Gasteiger partial charge in [0.1, 0.15) is 29.1 Å². The van der Waals surface area contributed by atoms with E-state index in [0.717, 1.165) is 18.2 Å². The lowest BCUT2D eigenvalue weighted by atomic mass is 9.93. The number of aryl methyl sites for hydroxylation is 1. The van der Waals surface area contributed by atoms with E-state index >= 15 is 0 Å². The molecule has 0 spiro atoms. The highest BCUT2D eigenvalue weighted by molar-refractivity contribution is 5.91. The number of fused-ring (bicyclic) bond motifs is 1. The summed E-state index contributed by atoms with van der Waals surface area (Å²) in [4.78, 5) is 12.8. The van der Waals surface area contributed by atoms with Gasteiger partial charge in [-0.3, -0.25) is 0 Å². The number of benzene rings is 3. The van der Waals surface area contributed by atoms with Crippen LogP contribution in [0.15, 0.2) is 42.5 Å². The molecule has 0 aliphatic carbocycles. The minimum Gasteiger partial charge on any atom is -0.508 e. The molecule has 0 amide bonds. The van der Waals surface area contributed by atoms with Crippen LogP contribution in [-0.4, -0.2) is 42.7 Å². The summed E-state index contributed by atoms with van der Waals surface area (Å²) in [6, 6.07) is 9.10. The van der Waals surface area contributed by atoms with E-state index in [4.69, 9.17) is 9.47 Å². The zero-order valence-electron chi connectivity index (χ0n) is 16.8. The van der Waals surface area contributed by atoms with E-state index in [-0.39, 0.29) is 35.0 Å². The summed E-state index contributed by atoms with van der Waals surface area (Å²) in [5, 5.41) is 58.8. The maximum absolute atomic E-state index is 12.8. The molecule has 1 aliphatic rings. The van der Waals surface area contributed by atoms with E-state index in [1.807, 2.05) is 0 Å². The number of phenolic OH excluding ortho intramolecular Hbond substituents is 6. The first-order chi connectivity index (χ1) is 15.1. The van der Waals surface area contributed by atoms with Crippen LogP contribution in [-0.2, 0) is 11.2 Å². The van der Waals surface area contributed by atoms with Crippen molar-refractivity contribution >= 4 is 5.97 Å². The summed E-state index contributed by atoms with van der Waals surface area (Å²) < 4.78 is 11.6. The molecule has 2 atom stereocenters. The standard InChI is InChI=1S/C23H20O9/c1-10-4-11(2-3-15(10)25)22-20(9-14-16(26)7-13(24)8-19(14)31-22)32-23(30)12-5-17(27)21(29)18(28)6-12/h2-8,20,22,24-29H,9H2,1H3/t20-,22-/m1/s1. The van der Waals surface area contributed by atoms with E-state index in [1.54, 1.807) is 19.1 Å². The molecule has 9 nitrogen and oxygen atoms in total. The van der Waals surface area contributed by atoms with Crippen molar-refractivity contribution in [3.05, 3.63) is 64.7 Å². The Bertz CT molecular complexity index is 1200. The van der Waals surface area contributed by atoms with E-state index < -0.39 is 35.4 Å². The van der Waals surface area contributed by atoms with Gasteiger partial charge in [-0.2, -0.15) is 0 Å². The molecule has 0 unspecified atom stereocenters. The third-order valence-corrected chi connectivity index (χ3v) is 5.28. The first kappa shape index (κ1) is 21.0. The Kier molecular flexibility index (Phi) is 5.09. The highest BCUT2D eigenvalue weighted by atomic mass is 16.6.